The first kappa shape index (κ1) is 21.7. The van der Waals surface area contributed by atoms with Crippen LogP contribution in [0.2, 0.25) is 0 Å². The Kier molecular flexibility index (Phi) is 6.70. The zero-order valence-corrected chi connectivity index (χ0v) is 17.4. The second kappa shape index (κ2) is 8.63. The van der Waals surface area contributed by atoms with E-state index in [2.05, 4.69) is 31.3 Å². The lowest BCUT2D eigenvalue weighted by molar-refractivity contribution is 0.0531. The van der Waals surface area contributed by atoms with Crippen LogP contribution in [0.3, 0.4) is 0 Å². The SMILES string of the molecule is Cc1cc(Br)ncc1-n1cnn(CC(CNC(=O)OC(C)(C)C)=C(F)F)c1=O. The van der Waals surface area contributed by atoms with Gasteiger partial charge in [-0.25, -0.2) is 23.8 Å². The molecular weight excluding hydrogens is 440 g/mol. The van der Waals surface area contributed by atoms with Crippen molar-refractivity contribution in [1.82, 2.24) is 24.6 Å². The van der Waals surface area contributed by atoms with Crippen LogP contribution in [0.1, 0.15) is 26.3 Å². The van der Waals surface area contributed by atoms with Crippen LogP contribution in [0.15, 0.2) is 39.6 Å². The minimum Gasteiger partial charge on any atom is -0.444 e. The minimum absolute atomic E-state index is 0.455. The van der Waals surface area contributed by atoms with Gasteiger partial charge in [-0.3, -0.25) is 0 Å². The van der Waals surface area contributed by atoms with E-state index in [-0.39, 0.29) is 0 Å². The maximum atomic E-state index is 13.3. The molecule has 0 aromatic carbocycles. The van der Waals surface area contributed by atoms with Crippen molar-refractivity contribution in [3.63, 3.8) is 0 Å². The quantitative estimate of drug-likeness (QED) is 0.693. The number of carbonyl (C=O) groups is 1. The third-order valence-electron chi connectivity index (χ3n) is 3.50. The molecule has 2 aromatic heterocycles. The van der Waals surface area contributed by atoms with E-state index in [1.54, 1.807) is 33.8 Å². The van der Waals surface area contributed by atoms with Crippen LogP contribution in [0.4, 0.5) is 13.6 Å². The van der Waals surface area contributed by atoms with Crippen LogP contribution in [0.25, 0.3) is 5.69 Å². The van der Waals surface area contributed by atoms with Gasteiger partial charge >= 0.3 is 11.8 Å². The summed E-state index contributed by atoms with van der Waals surface area (Å²) in [6.07, 6.45) is -0.127. The number of alkyl carbamates (subject to hydrolysis) is 1. The third-order valence-corrected chi connectivity index (χ3v) is 3.93. The van der Waals surface area contributed by atoms with Gasteiger partial charge in [-0.15, -0.1) is 0 Å². The fourth-order valence-electron chi connectivity index (χ4n) is 2.23. The number of hydrogen-bond donors (Lipinski definition) is 1. The Morgan fingerprint density at radius 2 is 2.04 bits per heavy atom. The van der Waals surface area contributed by atoms with E-state index in [0.29, 0.717) is 10.3 Å². The van der Waals surface area contributed by atoms with Crippen molar-refractivity contribution in [1.29, 1.82) is 0 Å². The summed E-state index contributed by atoms with van der Waals surface area (Å²) in [5.74, 6) is 0. The molecule has 28 heavy (non-hydrogen) atoms. The molecule has 0 bridgehead atoms. The van der Waals surface area contributed by atoms with Crippen LogP contribution in [-0.4, -0.2) is 37.6 Å². The summed E-state index contributed by atoms with van der Waals surface area (Å²) >= 11 is 3.23. The third kappa shape index (κ3) is 5.72. The molecule has 0 saturated carbocycles. The molecule has 0 aliphatic carbocycles. The number of aryl methyl sites for hydroxylation is 1. The predicted molar refractivity (Wildman–Crippen MR) is 102 cm³/mol. The summed E-state index contributed by atoms with van der Waals surface area (Å²) in [5, 5.41) is 6.13. The molecule has 2 heterocycles. The monoisotopic (exact) mass is 459 g/mol. The highest BCUT2D eigenvalue weighted by molar-refractivity contribution is 9.10. The number of aromatic nitrogens is 4. The summed E-state index contributed by atoms with van der Waals surface area (Å²) < 4.78 is 34.2. The molecule has 1 N–H and O–H groups in total. The fourth-order valence-corrected chi connectivity index (χ4v) is 2.68. The highest BCUT2D eigenvalue weighted by Crippen LogP contribution is 2.15. The highest BCUT2D eigenvalue weighted by atomic mass is 79.9. The van der Waals surface area contributed by atoms with Crippen LogP contribution in [0, 0.1) is 6.92 Å². The fraction of sp³-hybridized carbons (Fsp3) is 0.412. The van der Waals surface area contributed by atoms with E-state index < -0.39 is 42.1 Å². The van der Waals surface area contributed by atoms with Crippen molar-refractivity contribution in [3.8, 4) is 5.69 Å². The van der Waals surface area contributed by atoms with Crippen LogP contribution < -0.4 is 11.0 Å². The Morgan fingerprint density at radius 1 is 1.36 bits per heavy atom. The Bertz CT molecular complexity index is 958. The van der Waals surface area contributed by atoms with Crippen molar-refractivity contribution < 1.29 is 18.3 Å². The van der Waals surface area contributed by atoms with Gasteiger partial charge in [-0.05, 0) is 55.3 Å². The lowest BCUT2D eigenvalue weighted by atomic mass is 10.2. The summed E-state index contributed by atoms with van der Waals surface area (Å²) in [4.78, 5) is 28.3. The highest BCUT2D eigenvalue weighted by Gasteiger charge is 2.18. The van der Waals surface area contributed by atoms with Gasteiger partial charge in [0.15, 0.2) is 0 Å². The minimum atomic E-state index is -2.00. The summed E-state index contributed by atoms with van der Waals surface area (Å²) in [7, 11) is 0. The number of rotatable bonds is 5. The maximum absolute atomic E-state index is 13.3. The van der Waals surface area contributed by atoms with Gasteiger partial charge < -0.3 is 10.1 Å². The number of ether oxygens (including phenoxy) is 1. The Morgan fingerprint density at radius 3 is 2.61 bits per heavy atom. The van der Waals surface area contributed by atoms with Crippen LogP contribution in [0.5, 0.6) is 0 Å². The number of nitrogens with one attached hydrogen (secondary N) is 1. The van der Waals surface area contributed by atoms with Crippen molar-refractivity contribution >= 4 is 22.0 Å². The van der Waals surface area contributed by atoms with Crippen LogP contribution >= 0.6 is 15.9 Å². The largest absolute Gasteiger partial charge is 0.444 e. The summed E-state index contributed by atoms with van der Waals surface area (Å²) in [6, 6.07) is 1.72. The van der Waals surface area contributed by atoms with Gasteiger partial charge in [-0.2, -0.15) is 13.9 Å². The van der Waals surface area contributed by atoms with Crippen molar-refractivity contribution in [2.24, 2.45) is 0 Å². The first-order chi connectivity index (χ1) is 13.0. The number of halogens is 3. The smallest absolute Gasteiger partial charge is 0.407 e. The number of carbonyl (C=O) groups excluding carboxylic acids is 1. The van der Waals surface area contributed by atoms with Gasteiger partial charge in [0.2, 0.25) is 0 Å². The molecule has 2 aromatic rings. The molecule has 152 valence electrons. The normalized spacial score (nSPS) is 11.2. The lowest BCUT2D eigenvalue weighted by Gasteiger charge is -2.19. The first-order valence-electron chi connectivity index (χ1n) is 8.25. The average molecular weight is 460 g/mol. The zero-order valence-electron chi connectivity index (χ0n) is 15.8. The maximum Gasteiger partial charge on any atom is 0.407 e. The molecule has 11 heteroatoms. The van der Waals surface area contributed by atoms with Gasteiger partial charge in [0.1, 0.15) is 16.5 Å². The van der Waals surface area contributed by atoms with Crippen molar-refractivity contribution in [3.05, 3.63) is 50.9 Å². The van der Waals surface area contributed by atoms with Gasteiger partial charge in [0, 0.05) is 12.1 Å². The van der Waals surface area contributed by atoms with Crippen molar-refractivity contribution in [2.45, 2.75) is 39.8 Å². The molecule has 8 nitrogen and oxygen atoms in total. The molecule has 0 radical (unpaired) electrons. The molecule has 0 atom stereocenters. The van der Waals surface area contributed by atoms with E-state index in [1.165, 1.54) is 17.1 Å². The molecule has 0 spiro atoms. The number of amides is 1. The summed E-state index contributed by atoms with van der Waals surface area (Å²) in [6.45, 7) is 5.80. The standard InChI is InChI=1S/C17H20BrF2N5O3/c1-10-5-13(18)21-7-12(10)24-9-23-25(16(24)27)8-11(14(19)20)6-22-15(26)28-17(2,3)4/h5,7,9H,6,8H2,1-4H3,(H,22,26). The Hall–Kier alpha value is -2.56. The number of nitrogens with zero attached hydrogens (tertiary/aromatic N) is 4. The molecule has 1 amide bonds. The molecule has 0 aliphatic rings. The second-order valence-corrected chi connectivity index (χ2v) is 7.77. The van der Waals surface area contributed by atoms with Gasteiger partial charge in [-0.1, -0.05) is 0 Å². The van der Waals surface area contributed by atoms with E-state index in [0.717, 1.165) is 10.2 Å². The van der Waals surface area contributed by atoms with Crippen molar-refractivity contribution in [2.75, 3.05) is 6.54 Å². The first-order valence-corrected chi connectivity index (χ1v) is 9.04. The predicted octanol–water partition coefficient (Wildman–Crippen LogP) is 3.18. The van der Waals surface area contributed by atoms with E-state index in [9.17, 15) is 18.4 Å². The average Bonchev–Trinajstić information content (AvgIpc) is 2.90. The topological polar surface area (TPSA) is 91.0 Å². The molecule has 0 fully saturated rings. The molecule has 0 unspecified atom stereocenters. The van der Waals surface area contributed by atoms with E-state index in [1.807, 2.05) is 0 Å². The number of pyridine rings is 1. The number of hydrogen-bond acceptors (Lipinski definition) is 5. The van der Waals surface area contributed by atoms with Crippen LogP contribution in [-0.2, 0) is 11.3 Å². The van der Waals surface area contributed by atoms with E-state index >= 15 is 0 Å². The van der Waals surface area contributed by atoms with Gasteiger partial charge in [0.25, 0.3) is 6.08 Å². The second-order valence-electron chi connectivity index (χ2n) is 6.95. The lowest BCUT2D eigenvalue weighted by Crippen LogP contribution is -2.35. The van der Waals surface area contributed by atoms with Gasteiger partial charge in [0.05, 0.1) is 18.4 Å². The molecular formula is C17H20BrF2N5O3. The summed E-state index contributed by atoms with van der Waals surface area (Å²) in [5.41, 5.74) is -0.582. The molecule has 0 aliphatic heterocycles. The molecule has 0 saturated heterocycles. The van der Waals surface area contributed by atoms with E-state index in [4.69, 9.17) is 4.74 Å². The Balaban J connectivity index is 2.17. The Labute approximate surface area is 168 Å². The molecule has 2 rings (SSSR count). The zero-order chi connectivity index (χ0) is 21.1.